The maximum absolute atomic E-state index is 12.7. The van der Waals surface area contributed by atoms with Crippen LogP contribution in [0.2, 0.25) is 0 Å². The largest absolute Gasteiger partial charge is 0.507 e. The molecule has 0 aromatic heterocycles. The van der Waals surface area contributed by atoms with Gasteiger partial charge in [0, 0.05) is 5.56 Å². The number of amides is 1. The van der Waals surface area contributed by atoms with E-state index in [0.29, 0.717) is 5.56 Å². The maximum atomic E-state index is 12.7. The zero-order valence-corrected chi connectivity index (χ0v) is 12.7. The van der Waals surface area contributed by atoms with Crippen LogP contribution in [0.5, 0.6) is 5.75 Å². The zero-order valence-electron chi connectivity index (χ0n) is 12.7. The quantitative estimate of drug-likeness (QED) is 0.665. The van der Waals surface area contributed by atoms with Crippen LogP contribution in [0.3, 0.4) is 0 Å². The second-order valence-electron chi connectivity index (χ2n) is 7.46. The van der Waals surface area contributed by atoms with E-state index >= 15 is 0 Å². The molecule has 4 bridgehead atoms. The van der Waals surface area contributed by atoms with Crippen LogP contribution in [0.1, 0.15) is 44.1 Å². The molecule has 0 spiro atoms. The number of phenols is 1. The fourth-order valence-electron chi connectivity index (χ4n) is 5.26. The third-order valence-electron chi connectivity index (χ3n) is 5.83. The van der Waals surface area contributed by atoms with E-state index in [4.69, 9.17) is 0 Å². The molecule has 4 nitrogen and oxygen atoms in total. The molecule has 22 heavy (non-hydrogen) atoms. The van der Waals surface area contributed by atoms with Gasteiger partial charge in [0.25, 0.3) is 0 Å². The lowest BCUT2D eigenvalue weighted by molar-refractivity contribution is -0.146. The Labute approximate surface area is 130 Å². The van der Waals surface area contributed by atoms with E-state index < -0.39 is 0 Å². The third kappa shape index (κ3) is 2.31. The highest BCUT2D eigenvalue weighted by atomic mass is 16.3. The topological polar surface area (TPSA) is 61.7 Å². The van der Waals surface area contributed by atoms with Gasteiger partial charge in [-0.1, -0.05) is 12.1 Å². The Morgan fingerprint density at radius 3 is 2.32 bits per heavy atom. The van der Waals surface area contributed by atoms with Crippen molar-refractivity contribution >= 4 is 12.1 Å². The average Bonchev–Trinajstić information content (AvgIpc) is 2.47. The molecule has 4 heteroatoms. The molecule has 0 heterocycles. The zero-order chi connectivity index (χ0) is 15.2. The van der Waals surface area contributed by atoms with Crippen molar-refractivity contribution in [1.29, 1.82) is 0 Å². The molecule has 4 fully saturated rings. The molecule has 1 amide bonds. The molecule has 4 aliphatic rings. The van der Waals surface area contributed by atoms with Gasteiger partial charge in [-0.3, -0.25) is 4.79 Å². The summed E-state index contributed by atoms with van der Waals surface area (Å²) in [4.78, 5) is 12.7. The van der Waals surface area contributed by atoms with Gasteiger partial charge >= 0.3 is 0 Å². The highest BCUT2D eigenvalue weighted by molar-refractivity contribution is 5.87. The van der Waals surface area contributed by atoms with Crippen LogP contribution in [0.4, 0.5) is 0 Å². The second-order valence-corrected chi connectivity index (χ2v) is 7.46. The molecule has 4 saturated carbocycles. The number of nitrogens with one attached hydrogen (secondary N) is 1. The summed E-state index contributed by atoms with van der Waals surface area (Å²) in [6, 6.07) is 6.99. The normalized spacial score (nSPS) is 35.9. The number of hydrazone groups is 1. The van der Waals surface area contributed by atoms with Gasteiger partial charge in [0.15, 0.2) is 0 Å². The molecular weight excluding hydrogens is 276 g/mol. The van der Waals surface area contributed by atoms with Crippen molar-refractivity contribution in [2.24, 2.45) is 28.3 Å². The van der Waals surface area contributed by atoms with Crippen molar-refractivity contribution in [3.05, 3.63) is 29.8 Å². The molecule has 5 rings (SSSR count). The van der Waals surface area contributed by atoms with E-state index in [0.717, 1.165) is 37.0 Å². The molecule has 116 valence electrons. The molecule has 0 atom stereocenters. The summed E-state index contributed by atoms with van der Waals surface area (Å²) in [7, 11) is 0. The van der Waals surface area contributed by atoms with E-state index in [1.165, 1.54) is 25.5 Å². The number of hydrogen-bond acceptors (Lipinski definition) is 3. The van der Waals surface area contributed by atoms with E-state index in [-0.39, 0.29) is 17.1 Å². The van der Waals surface area contributed by atoms with Gasteiger partial charge in [-0.2, -0.15) is 5.10 Å². The minimum atomic E-state index is -0.176. The fraction of sp³-hybridized carbons (Fsp3) is 0.556. The van der Waals surface area contributed by atoms with Gasteiger partial charge in [-0.25, -0.2) is 5.43 Å². The fourth-order valence-corrected chi connectivity index (χ4v) is 5.26. The van der Waals surface area contributed by atoms with Crippen LogP contribution in [-0.4, -0.2) is 17.2 Å². The SMILES string of the molecule is O=C(NN=Cc1ccccc1O)C12CC3CC(CC(C3)C1)C2. The Bertz CT molecular complexity index is 588. The van der Waals surface area contributed by atoms with Crippen LogP contribution in [0.25, 0.3) is 0 Å². The van der Waals surface area contributed by atoms with E-state index in [2.05, 4.69) is 10.5 Å². The summed E-state index contributed by atoms with van der Waals surface area (Å²) in [5, 5.41) is 13.8. The number of benzene rings is 1. The minimum Gasteiger partial charge on any atom is -0.507 e. The number of nitrogens with zero attached hydrogens (tertiary/aromatic N) is 1. The molecule has 2 N–H and O–H groups in total. The Hall–Kier alpha value is -1.84. The van der Waals surface area contributed by atoms with E-state index in [1.807, 2.05) is 6.07 Å². The van der Waals surface area contributed by atoms with Crippen molar-refractivity contribution in [1.82, 2.24) is 5.43 Å². The first kappa shape index (κ1) is 13.8. The molecule has 1 aromatic carbocycles. The monoisotopic (exact) mass is 298 g/mol. The van der Waals surface area contributed by atoms with Crippen molar-refractivity contribution in [2.45, 2.75) is 38.5 Å². The summed E-state index contributed by atoms with van der Waals surface area (Å²) in [5.74, 6) is 2.51. The van der Waals surface area contributed by atoms with Crippen LogP contribution in [0.15, 0.2) is 29.4 Å². The van der Waals surface area contributed by atoms with Crippen molar-refractivity contribution in [3.8, 4) is 5.75 Å². The number of carbonyl (C=O) groups is 1. The highest BCUT2D eigenvalue weighted by Gasteiger charge is 2.54. The number of phenolic OH excluding ortho intramolecular Hbond substituents is 1. The van der Waals surface area contributed by atoms with Crippen molar-refractivity contribution in [3.63, 3.8) is 0 Å². The third-order valence-corrected chi connectivity index (χ3v) is 5.83. The highest BCUT2D eigenvalue weighted by Crippen LogP contribution is 2.60. The number of hydrogen-bond donors (Lipinski definition) is 2. The maximum Gasteiger partial charge on any atom is 0.246 e. The smallest absolute Gasteiger partial charge is 0.246 e. The Balaban J connectivity index is 1.45. The number of para-hydroxylation sites is 1. The number of rotatable bonds is 3. The minimum absolute atomic E-state index is 0.0817. The Morgan fingerprint density at radius 2 is 1.73 bits per heavy atom. The summed E-state index contributed by atoms with van der Waals surface area (Å²) >= 11 is 0. The number of aromatic hydroxyl groups is 1. The first-order valence-corrected chi connectivity index (χ1v) is 8.26. The lowest BCUT2D eigenvalue weighted by Crippen LogP contribution is -2.52. The van der Waals surface area contributed by atoms with E-state index in [1.54, 1.807) is 18.2 Å². The molecule has 1 aromatic rings. The van der Waals surface area contributed by atoms with Gasteiger partial charge in [0.1, 0.15) is 5.75 Å². The predicted molar refractivity (Wildman–Crippen MR) is 84.4 cm³/mol. The summed E-state index contributed by atoms with van der Waals surface area (Å²) in [6.07, 6.45) is 8.62. The van der Waals surface area contributed by atoms with Crippen LogP contribution >= 0.6 is 0 Å². The average molecular weight is 298 g/mol. The Kier molecular flexibility index (Phi) is 3.21. The summed E-state index contributed by atoms with van der Waals surface area (Å²) in [6.45, 7) is 0. The second kappa shape index (κ2) is 5.11. The lowest BCUT2D eigenvalue weighted by Gasteiger charge is -2.55. The van der Waals surface area contributed by atoms with Crippen molar-refractivity contribution in [2.75, 3.05) is 0 Å². The van der Waals surface area contributed by atoms with Gasteiger partial charge in [-0.05, 0) is 68.4 Å². The molecule has 0 radical (unpaired) electrons. The van der Waals surface area contributed by atoms with Gasteiger partial charge in [0.2, 0.25) is 5.91 Å². The molecule has 0 aliphatic heterocycles. The molecule has 0 unspecified atom stereocenters. The summed E-state index contributed by atoms with van der Waals surface area (Å²) in [5.41, 5.74) is 3.18. The van der Waals surface area contributed by atoms with Gasteiger partial charge < -0.3 is 5.11 Å². The first-order chi connectivity index (χ1) is 10.6. The Morgan fingerprint density at radius 1 is 1.14 bits per heavy atom. The first-order valence-electron chi connectivity index (χ1n) is 8.26. The molecule has 4 aliphatic carbocycles. The molecule has 0 saturated heterocycles. The van der Waals surface area contributed by atoms with Gasteiger partial charge in [0.05, 0.1) is 11.6 Å². The van der Waals surface area contributed by atoms with Crippen molar-refractivity contribution < 1.29 is 9.90 Å². The van der Waals surface area contributed by atoms with Crippen LogP contribution < -0.4 is 5.43 Å². The molecular formula is C18H22N2O2. The van der Waals surface area contributed by atoms with E-state index in [9.17, 15) is 9.90 Å². The lowest BCUT2D eigenvalue weighted by atomic mass is 9.49. The summed E-state index contributed by atoms with van der Waals surface area (Å²) < 4.78 is 0. The van der Waals surface area contributed by atoms with Gasteiger partial charge in [-0.15, -0.1) is 0 Å². The predicted octanol–water partition coefficient (Wildman–Crippen LogP) is 3.06. The standard InChI is InChI=1S/C18H22N2O2/c21-16-4-2-1-3-15(16)11-19-20-17(22)18-8-12-5-13(9-18)7-14(6-12)10-18/h1-4,11-14,21H,5-10H2,(H,20,22). The number of carbonyl (C=O) groups excluding carboxylic acids is 1. The van der Waals surface area contributed by atoms with Crippen LogP contribution in [-0.2, 0) is 4.79 Å². The van der Waals surface area contributed by atoms with Crippen LogP contribution in [0, 0.1) is 23.2 Å².